The van der Waals surface area contributed by atoms with Gasteiger partial charge < -0.3 is 15.1 Å². The highest BCUT2D eigenvalue weighted by atomic mass is 16.3. The smallest absolute Gasteiger partial charge is 0.313 e. The molecule has 1 aromatic heterocycles. The minimum Gasteiger partial charge on any atom is -0.440 e. The molecule has 1 heterocycles. The Morgan fingerprint density at radius 3 is 2.74 bits per heavy atom. The van der Waals surface area contributed by atoms with Crippen LogP contribution in [0.4, 0.5) is 5.69 Å². The largest absolute Gasteiger partial charge is 0.440 e. The third-order valence-corrected chi connectivity index (χ3v) is 6.48. The van der Waals surface area contributed by atoms with Crippen LogP contribution in [0, 0.1) is 17.8 Å². The predicted octanol–water partition coefficient (Wildman–Crippen LogP) is 3.59. The van der Waals surface area contributed by atoms with Gasteiger partial charge in [0.2, 0.25) is 0 Å². The molecule has 2 aromatic rings. The molecule has 3 atom stereocenters. The maximum Gasteiger partial charge on any atom is 0.313 e. The van der Waals surface area contributed by atoms with Gasteiger partial charge in [0.05, 0.1) is 0 Å². The first kappa shape index (κ1) is 16.8. The maximum atomic E-state index is 12.2. The van der Waals surface area contributed by atoms with Crippen LogP contribution in [0.3, 0.4) is 0 Å². The minimum atomic E-state index is -0.631. The third-order valence-electron chi connectivity index (χ3n) is 6.48. The van der Waals surface area contributed by atoms with E-state index in [1.165, 1.54) is 25.7 Å². The number of amides is 2. The van der Waals surface area contributed by atoms with Gasteiger partial charge >= 0.3 is 11.8 Å². The summed E-state index contributed by atoms with van der Waals surface area (Å²) in [5.74, 6) is 2.48. The van der Waals surface area contributed by atoms with E-state index in [2.05, 4.69) is 15.6 Å². The summed E-state index contributed by atoms with van der Waals surface area (Å²) in [5, 5.41) is 5.43. The number of aromatic nitrogens is 1. The standard InChI is InChI=1S/C21H25N3O3/c25-19(22-8-7-15-10-12-1-2-14(15)9-12)20(26)23-16-5-6-18-17(11-16)24-21(27-18)13-3-4-13/h5-6,11-15H,1-4,7-10H2,(H,22,25)(H,23,26)/t12-,14-,15+/m0/s1. The number of carbonyl (C=O) groups is 2. The molecule has 3 fully saturated rings. The normalized spacial score (nSPS) is 26.4. The summed E-state index contributed by atoms with van der Waals surface area (Å²) >= 11 is 0. The molecular formula is C21H25N3O3. The fourth-order valence-electron chi connectivity index (χ4n) is 4.90. The molecule has 27 heavy (non-hydrogen) atoms. The Morgan fingerprint density at radius 2 is 2.00 bits per heavy atom. The summed E-state index contributed by atoms with van der Waals surface area (Å²) in [5.41, 5.74) is 1.99. The Balaban J connectivity index is 1.13. The number of benzene rings is 1. The van der Waals surface area contributed by atoms with Gasteiger partial charge in [-0.05, 0) is 74.5 Å². The summed E-state index contributed by atoms with van der Waals surface area (Å²) in [6, 6.07) is 5.28. The van der Waals surface area contributed by atoms with E-state index in [1.54, 1.807) is 18.2 Å². The van der Waals surface area contributed by atoms with Crippen molar-refractivity contribution in [2.45, 2.75) is 50.9 Å². The molecule has 5 rings (SSSR count). The van der Waals surface area contributed by atoms with Crippen molar-refractivity contribution in [3.8, 4) is 0 Å². The van der Waals surface area contributed by atoms with Crippen LogP contribution in [0.5, 0.6) is 0 Å². The molecule has 0 saturated heterocycles. The molecular weight excluding hydrogens is 342 g/mol. The summed E-state index contributed by atoms with van der Waals surface area (Å²) in [4.78, 5) is 28.7. The number of hydrogen-bond donors (Lipinski definition) is 2. The number of anilines is 1. The monoisotopic (exact) mass is 367 g/mol. The fourth-order valence-corrected chi connectivity index (χ4v) is 4.90. The molecule has 6 heteroatoms. The lowest BCUT2D eigenvalue weighted by Gasteiger charge is -2.21. The first-order valence-electron chi connectivity index (χ1n) is 10.2. The van der Waals surface area contributed by atoms with Crippen molar-refractivity contribution in [2.24, 2.45) is 17.8 Å². The predicted molar refractivity (Wildman–Crippen MR) is 101 cm³/mol. The van der Waals surface area contributed by atoms with Crippen molar-refractivity contribution in [1.82, 2.24) is 10.3 Å². The summed E-state index contributed by atoms with van der Waals surface area (Å²) in [6.45, 7) is 0.577. The van der Waals surface area contributed by atoms with E-state index in [0.29, 0.717) is 29.2 Å². The van der Waals surface area contributed by atoms with Crippen LogP contribution in [0.15, 0.2) is 22.6 Å². The number of oxazole rings is 1. The van der Waals surface area contributed by atoms with E-state index in [0.717, 1.165) is 42.9 Å². The lowest BCUT2D eigenvalue weighted by atomic mass is 9.86. The van der Waals surface area contributed by atoms with Gasteiger partial charge in [-0.1, -0.05) is 6.42 Å². The van der Waals surface area contributed by atoms with Gasteiger partial charge in [0.15, 0.2) is 11.5 Å². The second kappa shape index (κ2) is 6.66. The van der Waals surface area contributed by atoms with Gasteiger partial charge in [-0.3, -0.25) is 9.59 Å². The van der Waals surface area contributed by atoms with Crippen LogP contribution in [-0.4, -0.2) is 23.3 Å². The summed E-state index contributed by atoms with van der Waals surface area (Å²) in [7, 11) is 0. The van der Waals surface area contributed by atoms with Crippen molar-refractivity contribution in [2.75, 3.05) is 11.9 Å². The molecule has 2 amide bonds. The Hall–Kier alpha value is -2.37. The van der Waals surface area contributed by atoms with Crippen molar-refractivity contribution >= 4 is 28.6 Å². The number of fused-ring (bicyclic) bond motifs is 3. The van der Waals surface area contributed by atoms with E-state index in [4.69, 9.17) is 4.42 Å². The average molecular weight is 367 g/mol. The zero-order valence-corrected chi connectivity index (χ0v) is 15.4. The zero-order valence-electron chi connectivity index (χ0n) is 15.4. The third kappa shape index (κ3) is 3.45. The SMILES string of the molecule is O=C(NCC[C@@H]1C[C@H]2CC[C@H]1C2)C(=O)Nc1ccc2oc(C3CC3)nc2c1. The number of nitrogens with zero attached hydrogens (tertiary/aromatic N) is 1. The molecule has 0 unspecified atom stereocenters. The van der Waals surface area contributed by atoms with Gasteiger partial charge in [-0.15, -0.1) is 0 Å². The molecule has 0 radical (unpaired) electrons. The van der Waals surface area contributed by atoms with Gasteiger partial charge in [-0.25, -0.2) is 4.98 Å². The molecule has 1 aromatic carbocycles. The number of nitrogens with one attached hydrogen (secondary N) is 2. The van der Waals surface area contributed by atoms with Gasteiger partial charge in [0, 0.05) is 18.2 Å². The molecule has 3 aliphatic rings. The first-order chi connectivity index (χ1) is 13.2. The summed E-state index contributed by atoms with van der Waals surface area (Å²) in [6.07, 6.45) is 8.62. The van der Waals surface area contributed by atoms with Crippen LogP contribution in [0.1, 0.15) is 56.8 Å². The van der Waals surface area contributed by atoms with E-state index >= 15 is 0 Å². The zero-order chi connectivity index (χ0) is 18.4. The van der Waals surface area contributed by atoms with Crippen molar-refractivity contribution in [1.29, 1.82) is 0 Å². The Bertz CT molecular complexity index is 886. The molecule has 142 valence electrons. The molecule has 2 bridgehead atoms. The van der Waals surface area contributed by atoms with Crippen molar-refractivity contribution in [3.05, 3.63) is 24.1 Å². The molecule has 2 N–H and O–H groups in total. The van der Waals surface area contributed by atoms with Crippen molar-refractivity contribution in [3.63, 3.8) is 0 Å². The lowest BCUT2D eigenvalue weighted by molar-refractivity contribution is -0.136. The quantitative estimate of drug-likeness (QED) is 0.791. The molecule has 3 aliphatic carbocycles. The van der Waals surface area contributed by atoms with Gasteiger partial charge in [-0.2, -0.15) is 0 Å². The number of hydrogen-bond acceptors (Lipinski definition) is 4. The van der Waals surface area contributed by atoms with E-state index in [9.17, 15) is 9.59 Å². The second-order valence-corrected chi connectivity index (χ2v) is 8.44. The van der Waals surface area contributed by atoms with E-state index in [-0.39, 0.29) is 0 Å². The molecule has 6 nitrogen and oxygen atoms in total. The van der Waals surface area contributed by atoms with Crippen LogP contribution in [0.2, 0.25) is 0 Å². The summed E-state index contributed by atoms with van der Waals surface area (Å²) < 4.78 is 5.72. The minimum absolute atomic E-state index is 0.441. The van der Waals surface area contributed by atoms with Gasteiger partial charge in [0.25, 0.3) is 0 Å². The van der Waals surface area contributed by atoms with Crippen LogP contribution in [-0.2, 0) is 9.59 Å². The van der Waals surface area contributed by atoms with Crippen LogP contribution >= 0.6 is 0 Å². The van der Waals surface area contributed by atoms with Crippen molar-refractivity contribution < 1.29 is 14.0 Å². The average Bonchev–Trinajstić information content (AvgIpc) is 3.10. The molecule has 0 aliphatic heterocycles. The van der Waals surface area contributed by atoms with Crippen LogP contribution in [0.25, 0.3) is 11.1 Å². The van der Waals surface area contributed by atoms with E-state index < -0.39 is 11.8 Å². The Morgan fingerprint density at radius 1 is 1.11 bits per heavy atom. The lowest BCUT2D eigenvalue weighted by Crippen LogP contribution is -2.36. The second-order valence-electron chi connectivity index (χ2n) is 8.44. The molecule has 3 saturated carbocycles. The highest BCUT2D eigenvalue weighted by Crippen LogP contribution is 2.49. The van der Waals surface area contributed by atoms with Crippen LogP contribution < -0.4 is 10.6 Å². The number of rotatable bonds is 5. The highest BCUT2D eigenvalue weighted by molar-refractivity contribution is 6.39. The van der Waals surface area contributed by atoms with Gasteiger partial charge in [0.1, 0.15) is 5.52 Å². The Labute approximate surface area is 158 Å². The number of carbonyl (C=O) groups excluding carboxylic acids is 2. The Kier molecular flexibility index (Phi) is 4.14. The maximum absolute atomic E-state index is 12.2. The fraction of sp³-hybridized carbons (Fsp3) is 0.571. The highest BCUT2D eigenvalue weighted by Gasteiger charge is 2.38. The first-order valence-corrected chi connectivity index (χ1v) is 10.2. The van der Waals surface area contributed by atoms with E-state index in [1.807, 2.05) is 0 Å². The topological polar surface area (TPSA) is 84.2 Å². The molecule has 0 spiro atoms.